The monoisotopic (exact) mass is 294 g/mol. The Morgan fingerprint density at radius 3 is 2.57 bits per heavy atom. The fourth-order valence-electron chi connectivity index (χ4n) is 1.79. The SMILES string of the molecule is CNCc1c(F)cccc1Oc1ccc([N+](=O)[O-])cc1F. The van der Waals surface area contributed by atoms with Gasteiger partial charge in [-0.15, -0.1) is 0 Å². The number of halogens is 2. The zero-order chi connectivity index (χ0) is 15.4. The lowest BCUT2D eigenvalue weighted by atomic mass is 10.2. The van der Waals surface area contributed by atoms with Gasteiger partial charge in [-0.05, 0) is 25.2 Å². The van der Waals surface area contributed by atoms with Crippen molar-refractivity contribution in [2.24, 2.45) is 0 Å². The van der Waals surface area contributed by atoms with Crippen LogP contribution in [0.4, 0.5) is 14.5 Å². The van der Waals surface area contributed by atoms with E-state index in [0.717, 1.165) is 18.2 Å². The molecule has 0 aliphatic rings. The lowest BCUT2D eigenvalue weighted by Crippen LogP contribution is -2.08. The third-order valence-corrected chi connectivity index (χ3v) is 2.78. The van der Waals surface area contributed by atoms with E-state index in [1.807, 2.05) is 0 Å². The van der Waals surface area contributed by atoms with Crippen LogP contribution in [0, 0.1) is 21.7 Å². The molecule has 0 radical (unpaired) electrons. The largest absolute Gasteiger partial charge is 0.454 e. The Kier molecular flexibility index (Phi) is 4.44. The fraction of sp³-hybridized carbons (Fsp3) is 0.143. The second kappa shape index (κ2) is 6.27. The summed E-state index contributed by atoms with van der Waals surface area (Å²) in [7, 11) is 1.64. The van der Waals surface area contributed by atoms with Crippen LogP contribution in [0.15, 0.2) is 36.4 Å². The molecule has 0 amide bonds. The lowest BCUT2D eigenvalue weighted by Gasteiger charge is -2.12. The minimum atomic E-state index is -0.885. The third kappa shape index (κ3) is 3.32. The molecule has 0 saturated carbocycles. The molecule has 0 atom stereocenters. The summed E-state index contributed by atoms with van der Waals surface area (Å²) in [6, 6.07) is 7.22. The molecule has 0 saturated heterocycles. The van der Waals surface area contributed by atoms with Crippen LogP contribution in [0.2, 0.25) is 0 Å². The molecule has 110 valence electrons. The van der Waals surface area contributed by atoms with Gasteiger partial charge in [0.05, 0.1) is 11.0 Å². The van der Waals surface area contributed by atoms with Crippen molar-refractivity contribution in [3.05, 3.63) is 63.7 Å². The highest BCUT2D eigenvalue weighted by molar-refractivity contribution is 5.42. The smallest absolute Gasteiger partial charge is 0.272 e. The number of nitro benzene ring substituents is 1. The summed E-state index contributed by atoms with van der Waals surface area (Å²) in [5.41, 5.74) is -0.132. The van der Waals surface area contributed by atoms with E-state index in [-0.39, 0.29) is 29.3 Å². The standard InChI is InChI=1S/C14H12F2N2O3/c1-17-8-10-11(15)3-2-4-13(10)21-14-6-5-9(18(19)20)7-12(14)16/h2-7,17H,8H2,1H3. The molecule has 0 aliphatic heterocycles. The summed E-state index contributed by atoms with van der Waals surface area (Å²) in [5.74, 6) is -1.42. The van der Waals surface area contributed by atoms with Crippen LogP contribution in [0.1, 0.15) is 5.56 Å². The van der Waals surface area contributed by atoms with Gasteiger partial charge < -0.3 is 10.1 Å². The van der Waals surface area contributed by atoms with Gasteiger partial charge in [0.1, 0.15) is 11.6 Å². The molecule has 0 unspecified atom stereocenters. The second-order valence-corrected chi connectivity index (χ2v) is 4.22. The quantitative estimate of drug-likeness (QED) is 0.678. The van der Waals surface area contributed by atoms with Gasteiger partial charge in [0.2, 0.25) is 0 Å². The number of nitro groups is 1. The number of non-ortho nitro benzene ring substituents is 1. The Balaban J connectivity index is 2.34. The Hall–Kier alpha value is -2.54. The average Bonchev–Trinajstić information content (AvgIpc) is 2.44. The highest BCUT2D eigenvalue weighted by Gasteiger charge is 2.15. The number of benzene rings is 2. The number of ether oxygens (including phenoxy) is 1. The molecule has 2 aromatic carbocycles. The maximum Gasteiger partial charge on any atom is 0.272 e. The Morgan fingerprint density at radius 2 is 1.95 bits per heavy atom. The summed E-state index contributed by atoms with van der Waals surface area (Å²) in [6.07, 6.45) is 0. The van der Waals surface area contributed by atoms with Crippen LogP contribution in [-0.2, 0) is 6.54 Å². The van der Waals surface area contributed by atoms with E-state index in [1.165, 1.54) is 18.2 Å². The molecule has 21 heavy (non-hydrogen) atoms. The fourth-order valence-corrected chi connectivity index (χ4v) is 1.79. The number of nitrogens with one attached hydrogen (secondary N) is 1. The minimum Gasteiger partial charge on any atom is -0.454 e. The minimum absolute atomic E-state index is 0.150. The maximum absolute atomic E-state index is 13.8. The molecule has 0 spiro atoms. The Labute approximate surface area is 119 Å². The molecule has 0 aliphatic carbocycles. The van der Waals surface area contributed by atoms with E-state index < -0.39 is 16.6 Å². The molecule has 5 nitrogen and oxygen atoms in total. The van der Waals surface area contributed by atoms with Crippen molar-refractivity contribution >= 4 is 5.69 Å². The normalized spacial score (nSPS) is 10.4. The predicted molar refractivity (Wildman–Crippen MR) is 72.3 cm³/mol. The molecular formula is C14H12F2N2O3. The lowest BCUT2D eigenvalue weighted by molar-refractivity contribution is -0.385. The van der Waals surface area contributed by atoms with Crippen LogP contribution in [-0.4, -0.2) is 12.0 Å². The van der Waals surface area contributed by atoms with Crippen LogP contribution in [0.5, 0.6) is 11.5 Å². The van der Waals surface area contributed by atoms with Gasteiger partial charge in [0.15, 0.2) is 11.6 Å². The van der Waals surface area contributed by atoms with Crippen molar-refractivity contribution in [1.29, 1.82) is 0 Å². The maximum atomic E-state index is 13.8. The number of rotatable bonds is 5. The third-order valence-electron chi connectivity index (χ3n) is 2.78. The molecule has 0 bridgehead atoms. The van der Waals surface area contributed by atoms with Crippen LogP contribution in [0.25, 0.3) is 0 Å². The molecule has 0 aromatic heterocycles. The van der Waals surface area contributed by atoms with Gasteiger partial charge in [-0.1, -0.05) is 6.07 Å². The van der Waals surface area contributed by atoms with Crippen molar-refractivity contribution in [2.75, 3.05) is 7.05 Å². The van der Waals surface area contributed by atoms with Crippen molar-refractivity contribution in [3.63, 3.8) is 0 Å². The Bertz CT molecular complexity index is 677. The molecule has 0 heterocycles. The number of hydrogen-bond acceptors (Lipinski definition) is 4. The Morgan fingerprint density at radius 1 is 1.19 bits per heavy atom. The van der Waals surface area contributed by atoms with Crippen molar-refractivity contribution in [2.45, 2.75) is 6.54 Å². The first kappa shape index (κ1) is 14.9. The molecule has 7 heteroatoms. The summed E-state index contributed by atoms with van der Waals surface area (Å²) in [4.78, 5) is 9.84. The molecular weight excluding hydrogens is 282 g/mol. The van der Waals surface area contributed by atoms with Crippen LogP contribution in [0.3, 0.4) is 0 Å². The predicted octanol–water partition coefficient (Wildman–Crippen LogP) is 3.38. The summed E-state index contributed by atoms with van der Waals surface area (Å²) < 4.78 is 32.8. The first-order valence-electron chi connectivity index (χ1n) is 6.06. The van der Waals surface area contributed by atoms with E-state index >= 15 is 0 Å². The summed E-state index contributed by atoms with van der Waals surface area (Å²) in [5, 5.41) is 13.3. The summed E-state index contributed by atoms with van der Waals surface area (Å²) >= 11 is 0. The van der Waals surface area contributed by atoms with E-state index in [4.69, 9.17) is 4.74 Å². The van der Waals surface area contributed by atoms with Gasteiger partial charge in [0.25, 0.3) is 5.69 Å². The van der Waals surface area contributed by atoms with Crippen molar-refractivity contribution in [3.8, 4) is 11.5 Å². The van der Waals surface area contributed by atoms with Crippen molar-refractivity contribution < 1.29 is 18.4 Å². The van der Waals surface area contributed by atoms with Gasteiger partial charge in [-0.25, -0.2) is 8.78 Å². The highest BCUT2D eigenvalue weighted by Crippen LogP contribution is 2.30. The average molecular weight is 294 g/mol. The van der Waals surface area contributed by atoms with Gasteiger partial charge >= 0.3 is 0 Å². The van der Waals surface area contributed by atoms with Crippen LogP contribution < -0.4 is 10.1 Å². The van der Waals surface area contributed by atoms with E-state index in [9.17, 15) is 18.9 Å². The zero-order valence-electron chi connectivity index (χ0n) is 11.1. The molecule has 1 N–H and O–H groups in total. The second-order valence-electron chi connectivity index (χ2n) is 4.22. The van der Waals surface area contributed by atoms with E-state index in [2.05, 4.69) is 5.32 Å². The molecule has 2 aromatic rings. The zero-order valence-corrected chi connectivity index (χ0v) is 11.1. The summed E-state index contributed by atoms with van der Waals surface area (Å²) in [6.45, 7) is 0.205. The van der Waals surface area contributed by atoms with Crippen molar-refractivity contribution in [1.82, 2.24) is 5.32 Å². The van der Waals surface area contributed by atoms with Gasteiger partial charge in [-0.2, -0.15) is 0 Å². The first-order chi connectivity index (χ1) is 10.0. The number of hydrogen-bond donors (Lipinski definition) is 1. The van der Waals surface area contributed by atoms with Crippen LogP contribution >= 0.6 is 0 Å². The highest BCUT2D eigenvalue weighted by atomic mass is 19.1. The molecule has 2 rings (SSSR count). The van der Waals surface area contributed by atoms with Gasteiger partial charge in [0, 0.05) is 18.2 Å². The first-order valence-corrected chi connectivity index (χ1v) is 6.06. The van der Waals surface area contributed by atoms with E-state index in [1.54, 1.807) is 7.05 Å². The van der Waals surface area contributed by atoms with Gasteiger partial charge in [-0.3, -0.25) is 10.1 Å². The number of nitrogens with zero attached hydrogens (tertiary/aromatic N) is 1. The van der Waals surface area contributed by atoms with E-state index in [0.29, 0.717) is 0 Å². The molecule has 0 fully saturated rings. The topological polar surface area (TPSA) is 64.4 Å².